The zero-order valence-corrected chi connectivity index (χ0v) is 20.1. The molecule has 0 unspecified atom stereocenters. The van der Waals surface area contributed by atoms with Crippen LogP contribution in [0.4, 0.5) is 0 Å². The SMILES string of the molecule is C=CCn1c(CSc2ccc(C)cc2)nnc1SCC(=O)c1ccc(-c2ccccc2)cc1. The first kappa shape index (κ1) is 23.1. The standard InChI is InChI=1S/C27H25N3OS2/c1-3-17-30-26(19-32-24-15-9-20(2)10-16-24)28-29-27(30)33-18-25(31)23-13-11-22(12-14-23)21-7-5-4-6-8-21/h3-16H,1,17-19H2,2H3. The lowest BCUT2D eigenvalue weighted by Crippen LogP contribution is -2.06. The molecule has 0 radical (unpaired) electrons. The molecule has 4 aromatic rings. The van der Waals surface area contributed by atoms with Crippen LogP contribution in [0.5, 0.6) is 0 Å². The van der Waals surface area contributed by atoms with Crippen molar-refractivity contribution in [3.8, 4) is 11.1 Å². The van der Waals surface area contributed by atoms with Crippen molar-refractivity contribution in [2.45, 2.75) is 29.3 Å². The quantitative estimate of drug-likeness (QED) is 0.146. The highest BCUT2D eigenvalue weighted by atomic mass is 32.2. The molecule has 0 spiro atoms. The van der Waals surface area contributed by atoms with Crippen LogP contribution in [-0.4, -0.2) is 26.3 Å². The Bertz CT molecular complexity index is 1220. The molecule has 0 aliphatic carbocycles. The second-order valence-corrected chi connectivity index (χ2v) is 9.55. The molecule has 33 heavy (non-hydrogen) atoms. The number of Topliss-reactive ketones (excluding diaryl/α,β-unsaturated/α-hetero) is 1. The Morgan fingerprint density at radius 3 is 2.30 bits per heavy atom. The molecule has 0 aliphatic rings. The van der Waals surface area contributed by atoms with E-state index in [0.717, 1.165) is 22.1 Å². The molecular weight excluding hydrogens is 446 g/mol. The fourth-order valence-electron chi connectivity index (χ4n) is 3.32. The summed E-state index contributed by atoms with van der Waals surface area (Å²) in [7, 11) is 0. The number of benzene rings is 3. The van der Waals surface area contributed by atoms with E-state index in [1.54, 1.807) is 11.8 Å². The van der Waals surface area contributed by atoms with Crippen molar-refractivity contribution in [2.75, 3.05) is 5.75 Å². The average molecular weight is 472 g/mol. The first-order valence-electron chi connectivity index (χ1n) is 10.7. The molecule has 4 rings (SSSR count). The van der Waals surface area contributed by atoms with Crippen LogP contribution in [0.3, 0.4) is 0 Å². The number of hydrogen-bond acceptors (Lipinski definition) is 5. The Morgan fingerprint density at radius 2 is 1.61 bits per heavy atom. The van der Waals surface area contributed by atoms with Crippen molar-refractivity contribution >= 4 is 29.3 Å². The first-order valence-corrected chi connectivity index (χ1v) is 12.6. The van der Waals surface area contributed by atoms with E-state index in [2.05, 4.69) is 60.1 Å². The highest BCUT2D eigenvalue weighted by Gasteiger charge is 2.15. The summed E-state index contributed by atoms with van der Waals surface area (Å²) in [4.78, 5) is 14.0. The van der Waals surface area contributed by atoms with Gasteiger partial charge in [0, 0.05) is 17.0 Å². The number of nitrogens with zero attached hydrogens (tertiary/aromatic N) is 3. The van der Waals surface area contributed by atoms with Crippen LogP contribution in [-0.2, 0) is 12.3 Å². The van der Waals surface area contributed by atoms with Gasteiger partial charge in [0.25, 0.3) is 0 Å². The van der Waals surface area contributed by atoms with Crippen molar-refractivity contribution in [3.05, 3.63) is 108 Å². The molecule has 0 aliphatic heterocycles. The third-order valence-electron chi connectivity index (χ3n) is 5.14. The molecule has 0 amide bonds. The molecule has 166 valence electrons. The fraction of sp³-hybridized carbons (Fsp3) is 0.148. The van der Waals surface area contributed by atoms with Crippen LogP contribution in [0.2, 0.25) is 0 Å². The average Bonchev–Trinajstić information content (AvgIpc) is 3.24. The van der Waals surface area contributed by atoms with E-state index in [9.17, 15) is 4.79 Å². The minimum absolute atomic E-state index is 0.0725. The maximum atomic E-state index is 12.8. The van der Waals surface area contributed by atoms with Crippen molar-refractivity contribution in [3.63, 3.8) is 0 Å². The predicted octanol–water partition coefficient (Wildman–Crippen LogP) is 6.71. The van der Waals surface area contributed by atoms with E-state index in [0.29, 0.717) is 23.6 Å². The summed E-state index contributed by atoms with van der Waals surface area (Å²) in [5.74, 6) is 1.97. The molecule has 0 N–H and O–H groups in total. The van der Waals surface area contributed by atoms with Gasteiger partial charge in [-0.15, -0.1) is 28.5 Å². The third kappa shape index (κ3) is 6.03. The smallest absolute Gasteiger partial charge is 0.191 e. The first-order chi connectivity index (χ1) is 16.1. The normalized spacial score (nSPS) is 10.8. The highest BCUT2D eigenvalue weighted by molar-refractivity contribution is 7.99. The molecule has 0 saturated heterocycles. The summed E-state index contributed by atoms with van der Waals surface area (Å²) in [6, 6.07) is 26.4. The van der Waals surface area contributed by atoms with E-state index >= 15 is 0 Å². The van der Waals surface area contributed by atoms with E-state index in [4.69, 9.17) is 0 Å². The third-order valence-corrected chi connectivity index (χ3v) is 7.12. The number of ketones is 1. The molecule has 0 saturated carbocycles. The number of rotatable bonds is 10. The Balaban J connectivity index is 1.39. The van der Waals surface area contributed by atoms with Crippen molar-refractivity contribution in [1.82, 2.24) is 14.8 Å². The Kier molecular flexibility index (Phi) is 7.81. The molecule has 0 fully saturated rings. The van der Waals surface area contributed by atoms with Gasteiger partial charge in [0.2, 0.25) is 0 Å². The van der Waals surface area contributed by atoms with Crippen molar-refractivity contribution in [2.24, 2.45) is 0 Å². The Hall–Kier alpha value is -3.09. The van der Waals surface area contributed by atoms with Gasteiger partial charge in [-0.2, -0.15) is 0 Å². The number of allylic oxidation sites excluding steroid dienone is 1. The van der Waals surface area contributed by atoms with Gasteiger partial charge >= 0.3 is 0 Å². The lowest BCUT2D eigenvalue weighted by molar-refractivity contribution is 0.102. The van der Waals surface area contributed by atoms with Crippen LogP contribution >= 0.6 is 23.5 Å². The van der Waals surface area contributed by atoms with Gasteiger partial charge in [-0.3, -0.25) is 4.79 Å². The van der Waals surface area contributed by atoms with Crippen LogP contribution in [0, 0.1) is 6.92 Å². The fourth-order valence-corrected chi connectivity index (χ4v) is 5.02. The van der Waals surface area contributed by atoms with Crippen LogP contribution < -0.4 is 0 Å². The van der Waals surface area contributed by atoms with Gasteiger partial charge < -0.3 is 4.57 Å². The monoisotopic (exact) mass is 471 g/mol. The molecular formula is C27H25N3OS2. The molecule has 1 heterocycles. The van der Waals surface area contributed by atoms with Crippen molar-refractivity contribution in [1.29, 1.82) is 0 Å². The van der Waals surface area contributed by atoms with Gasteiger partial charge in [0.05, 0.1) is 11.5 Å². The molecule has 3 aromatic carbocycles. The second kappa shape index (κ2) is 11.2. The highest BCUT2D eigenvalue weighted by Crippen LogP contribution is 2.26. The molecule has 0 bridgehead atoms. The van der Waals surface area contributed by atoms with E-state index < -0.39 is 0 Å². The minimum Gasteiger partial charge on any atom is -0.301 e. The van der Waals surface area contributed by atoms with Gasteiger partial charge in [-0.1, -0.05) is 90.1 Å². The minimum atomic E-state index is 0.0725. The summed E-state index contributed by atoms with van der Waals surface area (Å²) in [5, 5.41) is 9.46. The topological polar surface area (TPSA) is 47.8 Å². The van der Waals surface area contributed by atoms with Crippen LogP contribution in [0.25, 0.3) is 11.1 Å². The lowest BCUT2D eigenvalue weighted by atomic mass is 10.0. The summed E-state index contributed by atoms with van der Waals surface area (Å²) < 4.78 is 2.03. The van der Waals surface area contributed by atoms with Gasteiger partial charge in [0.15, 0.2) is 10.9 Å². The van der Waals surface area contributed by atoms with Crippen LogP contribution in [0.15, 0.2) is 102 Å². The van der Waals surface area contributed by atoms with Gasteiger partial charge in [-0.05, 0) is 30.2 Å². The Morgan fingerprint density at radius 1 is 0.909 bits per heavy atom. The molecule has 0 atom stereocenters. The number of carbonyl (C=O) groups excluding carboxylic acids is 1. The summed E-state index contributed by atoms with van der Waals surface area (Å²) >= 11 is 3.14. The zero-order chi connectivity index (χ0) is 23.0. The van der Waals surface area contributed by atoms with Gasteiger partial charge in [-0.25, -0.2) is 0 Å². The maximum Gasteiger partial charge on any atom is 0.191 e. The number of carbonyl (C=O) groups is 1. The number of aromatic nitrogens is 3. The number of hydrogen-bond donors (Lipinski definition) is 0. The van der Waals surface area contributed by atoms with Crippen LogP contribution in [0.1, 0.15) is 21.7 Å². The van der Waals surface area contributed by atoms with Crippen molar-refractivity contribution < 1.29 is 4.79 Å². The lowest BCUT2D eigenvalue weighted by Gasteiger charge is -2.08. The van der Waals surface area contributed by atoms with E-state index in [1.165, 1.54) is 22.2 Å². The molecule has 6 heteroatoms. The molecule has 4 nitrogen and oxygen atoms in total. The van der Waals surface area contributed by atoms with Gasteiger partial charge in [0.1, 0.15) is 5.82 Å². The number of aryl methyl sites for hydroxylation is 1. The summed E-state index contributed by atoms with van der Waals surface area (Å²) in [6.45, 7) is 6.55. The molecule has 1 aromatic heterocycles. The summed E-state index contributed by atoms with van der Waals surface area (Å²) in [6.07, 6.45) is 1.83. The van der Waals surface area contributed by atoms with E-state index in [1.807, 2.05) is 53.1 Å². The second-order valence-electron chi connectivity index (χ2n) is 7.56. The largest absolute Gasteiger partial charge is 0.301 e. The predicted molar refractivity (Wildman–Crippen MR) is 138 cm³/mol. The number of thioether (sulfide) groups is 2. The maximum absolute atomic E-state index is 12.8. The zero-order valence-electron chi connectivity index (χ0n) is 18.5. The Labute approximate surface area is 203 Å². The summed E-state index contributed by atoms with van der Waals surface area (Å²) in [5.41, 5.74) is 4.18. The van der Waals surface area contributed by atoms with E-state index in [-0.39, 0.29) is 5.78 Å².